The summed E-state index contributed by atoms with van der Waals surface area (Å²) in [6.45, 7) is 0. The van der Waals surface area contributed by atoms with Crippen LogP contribution in [0.15, 0.2) is 48.5 Å². The van der Waals surface area contributed by atoms with Gasteiger partial charge < -0.3 is 5.32 Å². The van der Waals surface area contributed by atoms with Gasteiger partial charge in [-0.05, 0) is 30.3 Å². The van der Waals surface area contributed by atoms with Gasteiger partial charge >= 0.3 is 0 Å². The molecule has 7 heteroatoms. The number of anilines is 1. The van der Waals surface area contributed by atoms with E-state index >= 15 is 0 Å². The van der Waals surface area contributed by atoms with E-state index < -0.39 is 5.82 Å². The number of carbonyl (C=O) groups excluding carboxylic acids is 1. The van der Waals surface area contributed by atoms with Crippen LogP contribution < -0.4 is 5.32 Å². The number of nitrogens with zero attached hydrogens (tertiary/aromatic N) is 2. The zero-order valence-corrected chi connectivity index (χ0v) is 14.6. The molecular formula is C18H13ClFN3OS. The standard InChI is InChI=1S/C18H13ClFN3OS/c19-15-8-11(20)6-7-13(15)18(24)21-17-14-9-25-10-16(14)22-23(17)12-4-2-1-3-5-12/h1-8H,9-10H2,(H,21,24). The van der Waals surface area contributed by atoms with Gasteiger partial charge in [0.1, 0.15) is 11.6 Å². The van der Waals surface area contributed by atoms with Crippen molar-refractivity contribution in [1.82, 2.24) is 9.78 Å². The molecule has 1 amide bonds. The van der Waals surface area contributed by atoms with Crippen LogP contribution in [0.3, 0.4) is 0 Å². The van der Waals surface area contributed by atoms with E-state index in [2.05, 4.69) is 10.4 Å². The van der Waals surface area contributed by atoms with E-state index in [1.54, 1.807) is 16.4 Å². The molecule has 0 atom stereocenters. The fraction of sp³-hybridized carbons (Fsp3) is 0.111. The zero-order valence-electron chi connectivity index (χ0n) is 13.0. The van der Waals surface area contributed by atoms with Crippen LogP contribution >= 0.6 is 23.4 Å². The van der Waals surface area contributed by atoms with Crippen molar-refractivity contribution in [2.24, 2.45) is 0 Å². The van der Waals surface area contributed by atoms with Gasteiger partial charge in [0.15, 0.2) is 0 Å². The Morgan fingerprint density at radius 1 is 1.20 bits per heavy atom. The number of aromatic nitrogens is 2. The summed E-state index contributed by atoms with van der Waals surface area (Å²) in [5.41, 5.74) is 3.07. The summed E-state index contributed by atoms with van der Waals surface area (Å²) in [5, 5.41) is 7.62. The van der Waals surface area contributed by atoms with Gasteiger partial charge in [-0.1, -0.05) is 29.8 Å². The minimum Gasteiger partial charge on any atom is -0.306 e. The maximum atomic E-state index is 13.2. The van der Waals surface area contributed by atoms with Crippen LogP contribution in [-0.4, -0.2) is 15.7 Å². The van der Waals surface area contributed by atoms with E-state index in [0.29, 0.717) is 5.82 Å². The number of hydrogen-bond acceptors (Lipinski definition) is 3. The van der Waals surface area contributed by atoms with Crippen LogP contribution in [0.2, 0.25) is 5.02 Å². The molecule has 0 radical (unpaired) electrons. The summed E-state index contributed by atoms with van der Waals surface area (Å²) in [4.78, 5) is 12.7. The third-order valence-electron chi connectivity index (χ3n) is 3.96. The molecule has 25 heavy (non-hydrogen) atoms. The maximum absolute atomic E-state index is 13.2. The van der Waals surface area contributed by atoms with Gasteiger partial charge in [0.2, 0.25) is 0 Å². The second-order valence-corrected chi connectivity index (χ2v) is 6.99. The van der Waals surface area contributed by atoms with Crippen molar-refractivity contribution in [1.29, 1.82) is 0 Å². The molecule has 4 rings (SSSR count). The molecule has 1 aromatic heterocycles. The van der Waals surface area contributed by atoms with E-state index in [-0.39, 0.29) is 16.5 Å². The first-order valence-corrected chi connectivity index (χ1v) is 9.17. The third-order valence-corrected chi connectivity index (χ3v) is 5.24. The molecule has 0 spiro atoms. The van der Waals surface area contributed by atoms with Crippen molar-refractivity contribution in [3.8, 4) is 5.69 Å². The van der Waals surface area contributed by atoms with Gasteiger partial charge in [0.05, 0.1) is 22.0 Å². The SMILES string of the molecule is O=C(Nc1c2c(nn1-c1ccccc1)CSC2)c1ccc(F)cc1Cl. The van der Waals surface area contributed by atoms with E-state index in [4.69, 9.17) is 11.6 Å². The van der Waals surface area contributed by atoms with Gasteiger partial charge in [0, 0.05) is 17.1 Å². The summed E-state index contributed by atoms with van der Waals surface area (Å²) < 4.78 is 15.0. The monoisotopic (exact) mass is 373 g/mol. The lowest BCUT2D eigenvalue weighted by Crippen LogP contribution is -2.16. The first kappa shape index (κ1) is 16.2. The predicted octanol–water partition coefficient (Wildman–Crippen LogP) is 4.66. The number of amides is 1. The van der Waals surface area contributed by atoms with Crippen molar-refractivity contribution in [3.63, 3.8) is 0 Å². The average molecular weight is 374 g/mol. The Bertz CT molecular complexity index is 958. The number of benzene rings is 2. The highest BCUT2D eigenvalue weighted by molar-refractivity contribution is 7.98. The molecule has 1 N–H and O–H groups in total. The molecule has 126 valence electrons. The molecule has 0 aliphatic carbocycles. The summed E-state index contributed by atoms with van der Waals surface area (Å²) >= 11 is 7.76. The third kappa shape index (κ3) is 3.03. The van der Waals surface area contributed by atoms with Gasteiger partial charge in [-0.25, -0.2) is 9.07 Å². The normalized spacial score (nSPS) is 12.9. The number of fused-ring (bicyclic) bond motifs is 1. The molecule has 2 aromatic carbocycles. The molecule has 0 saturated heterocycles. The first-order chi connectivity index (χ1) is 12.1. The van der Waals surface area contributed by atoms with Gasteiger partial charge in [-0.3, -0.25) is 4.79 Å². The van der Waals surface area contributed by atoms with Crippen molar-refractivity contribution < 1.29 is 9.18 Å². The molecule has 2 heterocycles. The second kappa shape index (κ2) is 6.54. The van der Waals surface area contributed by atoms with Gasteiger partial charge in [0.25, 0.3) is 5.91 Å². The summed E-state index contributed by atoms with van der Waals surface area (Å²) in [6, 6.07) is 13.3. The lowest BCUT2D eigenvalue weighted by Gasteiger charge is -2.11. The van der Waals surface area contributed by atoms with Crippen LogP contribution in [0.25, 0.3) is 5.69 Å². The van der Waals surface area contributed by atoms with Crippen molar-refractivity contribution in [3.05, 3.63) is 76.2 Å². The van der Waals surface area contributed by atoms with Gasteiger partial charge in [-0.2, -0.15) is 16.9 Å². The topological polar surface area (TPSA) is 46.9 Å². The van der Waals surface area contributed by atoms with Crippen molar-refractivity contribution in [2.45, 2.75) is 11.5 Å². The number of thioether (sulfide) groups is 1. The van der Waals surface area contributed by atoms with Crippen LogP contribution in [-0.2, 0) is 11.5 Å². The van der Waals surface area contributed by atoms with E-state index in [9.17, 15) is 9.18 Å². The molecule has 4 nitrogen and oxygen atoms in total. The number of hydrogen-bond donors (Lipinski definition) is 1. The minimum absolute atomic E-state index is 0.0781. The Hall–Kier alpha value is -2.31. The van der Waals surface area contributed by atoms with Crippen LogP contribution in [0.4, 0.5) is 10.2 Å². The Morgan fingerprint density at radius 2 is 2.00 bits per heavy atom. The average Bonchev–Trinajstić information content (AvgIpc) is 3.18. The zero-order chi connectivity index (χ0) is 17.4. The van der Waals surface area contributed by atoms with E-state index in [1.165, 1.54) is 12.1 Å². The Morgan fingerprint density at radius 3 is 2.76 bits per heavy atom. The van der Waals surface area contributed by atoms with E-state index in [0.717, 1.165) is 34.5 Å². The highest BCUT2D eigenvalue weighted by Gasteiger charge is 2.25. The number of carbonyl (C=O) groups is 1. The number of para-hydroxylation sites is 1. The molecular weight excluding hydrogens is 361 g/mol. The number of halogens is 2. The molecule has 0 bridgehead atoms. The predicted molar refractivity (Wildman–Crippen MR) is 97.9 cm³/mol. The smallest absolute Gasteiger partial charge is 0.258 e. The fourth-order valence-corrected chi connectivity index (χ4v) is 4.03. The fourth-order valence-electron chi connectivity index (χ4n) is 2.75. The van der Waals surface area contributed by atoms with E-state index in [1.807, 2.05) is 30.3 Å². The van der Waals surface area contributed by atoms with Crippen molar-refractivity contribution >= 4 is 35.1 Å². The Balaban J connectivity index is 1.74. The maximum Gasteiger partial charge on any atom is 0.258 e. The molecule has 1 aliphatic heterocycles. The lowest BCUT2D eigenvalue weighted by atomic mass is 10.2. The highest BCUT2D eigenvalue weighted by Crippen LogP contribution is 2.36. The Kier molecular flexibility index (Phi) is 4.23. The molecule has 0 fully saturated rings. The number of nitrogens with one attached hydrogen (secondary N) is 1. The minimum atomic E-state index is -0.479. The summed E-state index contributed by atoms with van der Waals surface area (Å²) in [6.07, 6.45) is 0. The lowest BCUT2D eigenvalue weighted by molar-refractivity contribution is 0.102. The summed E-state index contributed by atoms with van der Waals surface area (Å²) in [7, 11) is 0. The first-order valence-electron chi connectivity index (χ1n) is 7.64. The Labute approximate surface area is 153 Å². The molecule has 0 saturated carbocycles. The number of rotatable bonds is 3. The van der Waals surface area contributed by atoms with Crippen molar-refractivity contribution in [2.75, 3.05) is 5.32 Å². The molecule has 1 aliphatic rings. The van der Waals surface area contributed by atoms with Crippen LogP contribution in [0.5, 0.6) is 0 Å². The van der Waals surface area contributed by atoms with Crippen LogP contribution in [0, 0.1) is 5.82 Å². The molecule has 3 aromatic rings. The molecule has 0 unspecified atom stereocenters. The van der Waals surface area contributed by atoms with Crippen LogP contribution in [0.1, 0.15) is 21.6 Å². The quantitative estimate of drug-likeness (QED) is 0.726. The highest BCUT2D eigenvalue weighted by atomic mass is 35.5. The largest absolute Gasteiger partial charge is 0.306 e. The second-order valence-electron chi connectivity index (χ2n) is 5.59. The summed E-state index contributed by atoms with van der Waals surface area (Å²) in [5.74, 6) is 1.37. The van der Waals surface area contributed by atoms with Gasteiger partial charge in [-0.15, -0.1) is 0 Å².